The quantitative estimate of drug-likeness (QED) is 0.734. The summed E-state index contributed by atoms with van der Waals surface area (Å²) in [6, 6.07) is 3.11. The number of halogens is 2. The first-order valence-corrected chi connectivity index (χ1v) is 9.19. The number of ketones is 1. The number of likely N-dealkylation sites (N-methyl/N-ethyl adjacent to an activating group) is 1. The van der Waals surface area contributed by atoms with E-state index in [1.165, 1.54) is 6.07 Å². The van der Waals surface area contributed by atoms with Crippen LogP contribution in [0, 0.1) is 0 Å². The van der Waals surface area contributed by atoms with E-state index in [4.69, 9.17) is 27.9 Å². The standard InChI is InChI=1S/C19H21Cl2NO3/c1-4-5-6-7-8-12-14(23)10-9-13-16(12)25-19(18(13)24)17(21)15(20)11(2)22(19)3/h9-10,23H,2,4-8H2,1,3H3. The topological polar surface area (TPSA) is 49.8 Å². The Hall–Kier alpha value is -1.65. The molecule has 3 rings (SSSR count). The fourth-order valence-corrected chi connectivity index (χ4v) is 4.00. The molecule has 1 aromatic rings. The summed E-state index contributed by atoms with van der Waals surface area (Å²) >= 11 is 12.6. The Morgan fingerprint density at radius 1 is 1.28 bits per heavy atom. The predicted octanol–water partition coefficient (Wildman–Crippen LogP) is 4.93. The molecule has 2 aliphatic rings. The minimum atomic E-state index is -1.51. The first kappa shape index (κ1) is 18.2. The normalized spacial score (nSPS) is 22.2. The highest BCUT2D eigenvalue weighted by Gasteiger charge is 2.59. The second-order valence-corrected chi connectivity index (χ2v) is 7.22. The summed E-state index contributed by atoms with van der Waals surface area (Å²) in [5.74, 6) is 0.234. The number of phenols is 1. The molecule has 134 valence electrons. The predicted molar refractivity (Wildman–Crippen MR) is 99.3 cm³/mol. The molecule has 0 saturated carbocycles. The number of ether oxygens (including phenoxy) is 1. The van der Waals surface area contributed by atoms with E-state index in [2.05, 4.69) is 13.5 Å². The molecule has 1 unspecified atom stereocenters. The lowest BCUT2D eigenvalue weighted by molar-refractivity contribution is 0.0213. The lowest BCUT2D eigenvalue weighted by atomic mass is 9.98. The Morgan fingerprint density at radius 2 is 2.00 bits per heavy atom. The first-order valence-electron chi connectivity index (χ1n) is 8.43. The van der Waals surface area contributed by atoms with Gasteiger partial charge in [-0.05, 0) is 25.0 Å². The molecule has 1 aromatic carbocycles. The molecule has 2 heterocycles. The van der Waals surface area contributed by atoms with E-state index < -0.39 is 5.72 Å². The Labute approximate surface area is 157 Å². The summed E-state index contributed by atoms with van der Waals surface area (Å²) < 4.78 is 6.08. The molecule has 1 atom stereocenters. The van der Waals surface area contributed by atoms with Gasteiger partial charge in [-0.25, -0.2) is 0 Å². The number of hydrogen-bond acceptors (Lipinski definition) is 4. The maximum Gasteiger partial charge on any atom is 0.285 e. The van der Waals surface area contributed by atoms with Crippen molar-refractivity contribution in [3.8, 4) is 11.5 Å². The van der Waals surface area contributed by atoms with Crippen LogP contribution in [0.2, 0.25) is 0 Å². The molecule has 0 aromatic heterocycles. The number of fused-ring (bicyclic) bond motifs is 1. The number of nitrogens with zero attached hydrogens (tertiary/aromatic N) is 1. The van der Waals surface area contributed by atoms with Crippen LogP contribution in [0.4, 0.5) is 0 Å². The SMILES string of the molecule is C=C1C(Cl)=C(Cl)C2(Oc3c(ccc(O)c3CCCCCC)C2=O)N1C. The number of carbonyl (C=O) groups is 1. The highest BCUT2D eigenvalue weighted by Crippen LogP contribution is 2.52. The molecular formula is C19H21Cl2NO3. The molecule has 0 fully saturated rings. The van der Waals surface area contributed by atoms with Crippen LogP contribution in [0.25, 0.3) is 0 Å². The summed E-state index contributed by atoms with van der Waals surface area (Å²) in [5, 5.41) is 10.6. The van der Waals surface area contributed by atoms with Crippen LogP contribution in [0.3, 0.4) is 0 Å². The molecular weight excluding hydrogens is 361 g/mol. The zero-order chi connectivity index (χ0) is 18.4. The van der Waals surface area contributed by atoms with Gasteiger partial charge in [-0.15, -0.1) is 0 Å². The molecule has 6 heteroatoms. The van der Waals surface area contributed by atoms with Crippen molar-refractivity contribution in [3.63, 3.8) is 0 Å². The van der Waals surface area contributed by atoms with Crippen molar-refractivity contribution in [2.75, 3.05) is 7.05 Å². The van der Waals surface area contributed by atoms with Crippen LogP contribution in [-0.4, -0.2) is 28.6 Å². The molecule has 0 radical (unpaired) electrons. The van der Waals surface area contributed by atoms with Gasteiger partial charge in [-0.3, -0.25) is 4.79 Å². The second-order valence-electron chi connectivity index (χ2n) is 6.46. The Bertz CT molecular complexity index is 787. The van der Waals surface area contributed by atoms with Gasteiger partial charge < -0.3 is 14.7 Å². The molecule has 4 nitrogen and oxygen atoms in total. The van der Waals surface area contributed by atoms with Gasteiger partial charge in [-0.2, -0.15) is 0 Å². The number of carbonyl (C=O) groups excluding carboxylic acids is 1. The summed E-state index contributed by atoms with van der Waals surface area (Å²) in [7, 11) is 1.67. The van der Waals surface area contributed by atoms with Crippen LogP contribution in [0.1, 0.15) is 48.5 Å². The Morgan fingerprint density at radius 3 is 2.60 bits per heavy atom. The third-order valence-electron chi connectivity index (χ3n) is 4.94. The maximum atomic E-state index is 13.1. The number of Topliss-reactive ketones (excluding diaryl/α,β-unsaturated/α-hetero) is 1. The van der Waals surface area contributed by atoms with Crippen LogP contribution >= 0.6 is 23.2 Å². The Balaban J connectivity index is 2.01. The van der Waals surface area contributed by atoms with E-state index in [1.54, 1.807) is 18.0 Å². The zero-order valence-electron chi connectivity index (χ0n) is 14.4. The summed E-state index contributed by atoms with van der Waals surface area (Å²) in [6.45, 7) is 6.01. The van der Waals surface area contributed by atoms with Crippen molar-refractivity contribution in [3.05, 3.63) is 45.6 Å². The number of unbranched alkanes of at least 4 members (excludes halogenated alkanes) is 3. The minimum absolute atomic E-state index is 0.110. The maximum absolute atomic E-state index is 13.1. The number of hydrogen-bond donors (Lipinski definition) is 1. The van der Waals surface area contributed by atoms with E-state index in [0.717, 1.165) is 25.7 Å². The van der Waals surface area contributed by atoms with Gasteiger partial charge in [0, 0.05) is 12.6 Å². The number of phenolic OH excluding ortho intramolecular Hbond substituents is 1. The zero-order valence-corrected chi connectivity index (χ0v) is 15.9. The summed E-state index contributed by atoms with van der Waals surface area (Å²) in [6.07, 6.45) is 4.87. The Kier molecular flexibility index (Phi) is 4.78. The number of aromatic hydroxyl groups is 1. The summed E-state index contributed by atoms with van der Waals surface area (Å²) in [5.41, 5.74) is -0.0244. The molecule has 0 amide bonds. The van der Waals surface area contributed by atoms with Gasteiger partial charge in [-0.1, -0.05) is 56.0 Å². The molecule has 25 heavy (non-hydrogen) atoms. The van der Waals surface area contributed by atoms with Crippen molar-refractivity contribution in [1.82, 2.24) is 4.90 Å². The van der Waals surface area contributed by atoms with E-state index >= 15 is 0 Å². The molecule has 0 aliphatic carbocycles. The average molecular weight is 382 g/mol. The van der Waals surface area contributed by atoms with Gasteiger partial charge in [0.2, 0.25) is 5.78 Å². The van der Waals surface area contributed by atoms with Crippen molar-refractivity contribution in [2.45, 2.75) is 44.8 Å². The lowest BCUT2D eigenvalue weighted by Crippen LogP contribution is -2.51. The van der Waals surface area contributed by atoms with E-state index in [-0.39, 0.29) is 21.6 Å². The van der Waals surface area contributed by atoms with Crippen LogP contribution in [0.5, 0.6) is 11.5 Å². The van der Waals surface area contributed by atoms with Crippen molar-refractivity contribution in [1.29, 1.82) is 0 Å². The number of rotatable bonds is 5. The highest BCUT2D eigenvalue weighted by molar-refractivity contribution is 6.44. The van der Waals surface area contributed by atoms with Crippen LogP contribution < -0.4 is 4.74 Å². The fraction of sp³-hybridized carbons (Fsp3) is 0.421. The van der Waals surface area contributed by atoms with Crippen molar-refractivity contribution >= 4 is 29.0 Å². The largest absolute Gasteiger partial charge is 0.508 e. The monoisotopic (exact) mass is 381 g/mol. The van der Waals surface area contributed by atoms with Gasteiger partial charge in [0.15, 0.2) is 0 Å². The van der Waals surface area contributed by atoms with Crippen LogP contribution in [0.15, 0.2) is 34.5 Å². The molecule has 0 bridgehead atoms. The van der Waals surface area contributed by atoms with E-state index in [0.29, 0.717) is 29.0 Å². The van der Waals surface area contributed by atoms with Gasteiger partial charge in [0.1, 0.15) is 16.5 Å². The highest BCUT2D eigenvalue weighted by atomic mass is 35.5. The lowest BCUT2D eigenvalue weighted by Gasteiger charge is -2.32. The molecule has 2 aliphatic heterocycles. The smallest absolute Gasteiger partial charge is 0.285 e. The third kappa shape index (κ3) is 2.54. The number of benzene rings is 1. The van der Waals surface area contributed by atoms with Crippen LogP contribution in [-0.2, 0) is 6.42 Å². The van der Waals surface area contributed by atoms with E-state index in [1.807, 2.05) is 0 Å². The number of allylic oxidation sites excluding steroid dienone is 1. The third-order valence-corrected chi connectivity index (χ3v) is 5.89. The molecule has 1 spiro atoms. The molecule has 0 saturated heterocycles. The van der Waals surface area contributed by atoms with Gasteiger partial charge >= 0.3 is 0 Å². The van der Waals surface area contributed by atoms with Gasteiger partial charge in [0.05, 0.1) is 16.3 Å². The fourth-order valence-electron chi connectivity index (χ4n) is 3.38. The average Bonchev–Trinajstić information content (AvgIpc) is 2.98. The van der Waals surface area contributed by atoms with Gasteiger partial charge in [0.25, 0.3) is 5.72 Å². The van der Waals surface area contributed by atoms with Crippen molar-refractivity contribution in [2.24, 2.45) is 0 Å². The van der Waals surface area contributed by atoms with Crippen molar-refractivity contribution < 1.29 is 14.6 Å². The first-order chi connectivity index (χ1) is 11.9. The summed E-state index contributed by atoms with van der Waals surface area (Å²) in [4.78, 5) is 14.7. The second kappa shape index (κ2) is 6.58. The molecule has 1 N–H and O–H groups in total. The minimum Gasteiger partial charge on any atom is -0.508 e. The van der Waals surface area contributed by atoms with E-state index in [9.17, 15) is 9.90 Å².